The molecule has 2 aromatic heterocycles. The second-order valence-corrected chi connectivity index (χ2v) is 3.18. The Kier molecular flexibility index (Phi) is 1.42. The molecule has 0 aromatic carbocycles. The maximum absolute atomic E-state index is 3.91. The summed E-state index contributed by atoms with van der Waals surface area (Å²) in [6.07, 6.45) is 1.70. The molecule has 0 aliphatic carbocycles. The number of aromatic nitrogens is 3. The zero-order valence-corrected chi connectivity index (χ0v) is 7.54. The fourth-order valence-corrected chi connectivity index (χ4v) is 1.32. The molecule has 0 N–H and O–H groups in total. The lowest BCUT2D eigenvalue weighted by molar-refractivity contribution is 1.06. The molecule has 0 atom stereocenters. The van der Waals surface area contributed by atoms with Crippen LogP contribution in [-0.4, -0.2) is 14.6 Å². The van der Waals surface area contributed by atoms with Gasteiger partial charge in [-0.1, -0.05) is 0 Å². The van der Waals surface area contributed by atoms with Crippen molar-refractivity contribution in [1.29, 1.82) is 0 Å². The van der Waals surface area contributed by atoms with Gasteiger partial charge in [-0.15, -0.1) is 10.2 Å². The van der Waals surface area contributed by atoms with E-state index in [-0.39, 0.29) is 0 Å². The Hall–Kier alpha value is -0.900. The predicted molar refractivity (Wildman–Crippen MR) is 45.4 cm³/mol. The van der Waals surface area contributed by atoms with E-state index in [9.17, 15) is 0 Å². The Bertz CT molecular complexity index is 393. The monoisotopic (exact) mass is 211 g/mol. The van der Waals surface area contributed by atoms with E-state index in [1.807, 2.05) is 23.5 Å². The van der Waals surface area contributed by atoms with Gasteiger partial charge >= 0.3 is 0 Å². The smallest absolute Gasteiger partial charge is 0.160 e. The second kappa shape index (κ2) is 2.30. The van der Waals surface area contributed by atoms with Crippen LogP contribution in [0, 0.1) is 6.92 Å². The van der Waals surface area contributed by atoms with Gasteiger partial charge in [-0.05, 0) is 35.0 Å². The molecule has 0 amide bonds. The third-order valence-corrected chi connectivity index (χ3v) is 2.50. The Balaban J connectivity index is 2.93. The summed E-state index contributed by atoms with van der Waals surface area (Å²) in [6, 6.07) is 3.89. The Morgan fingerprint density at radius 2 is 2.27 bits per heavy atom. The van der Waals surface area contributed by atoms with Crippen LogP contribution in [-0.2, 0) is 0 Å². The van der Waals surface area contributed by atoms with Crippen molar-refractivity contribution in [2.45, 2.75) is 6.92 Å². The lowest BCUT2D eigenvalue weighted by Gasteiger charge is -1.99. The van der Waals surface area contributed by atoms with Gasteiger partial charge in [-0.2, -0.15) is 0 Å². The molecule has 0 fully saturated rings. The number of aryl methyl sites for hydroxylation is 1. The van der Waals surface area contributed by atoms with Crippen molar-refractivity contribution in [2.75, 3.05) is 0 Å². The van der Waals surface area contributed by atoms with Crippen LogP contribution in [0.5, 0.6) is 0 Å². The highest BCUT2D eigenvalue weighted by Crippen LogP contribution is 2.15. The molecular weight excluding hydrogens is 206 g/mol. The van der Waals surface area contributed by atoms with Gasteiger partial charge in [-0.3, -0.25) is 4.40 Å². The first kappa shape index (κ1) is 6.79. The summed E-state index contributed by atoms with van der Waals surface area (Å²) in [4.78, 5) is 0. The highest BCUT2D eigenvalue weighted by atomic mass is 79.9. The third-order valence-electron chi connectivity index (χ3n) is 1.66. The summed E-state index contributed by atoms with van der Waals surface area (Å²) in [5.41, 5.74) is 2.00. The van der Waals surface area contributed by atoms with Crippen LogP contribution in [0.25, 0.3) is 5.65 Å². The molecule has 0 saturated carbocycles. The van der Waals surface area contributed by atoms with Gasteiger partial charge in [0, 0.05) is 10.2 Å². The molecule has 56 valence electrons. The summed E-state index contributed by atoms with van der Waals surface area (Å²) < 4.78 is 3.01. The number of pyridine rings is 1. The van der Waals surface area contributed by atoms with Crippen molar-refractivity contribution in [1.82, 2.24) is 14.6 Å². The Labute approximate surface area is 72.2 Å². The second-order valence-electron chi connectivity index (χ2n) is 2.33. The molecule has 0 saturated heterocycles. The van der Waals surface area contributed by atoms with Crippen molar-refractivity contribution in [3.63, 3.8) is 0 Å². The van der Waals surface area contributed by atoms with Crippen molar-refractivity contribution in [3.05, 3.63) is 28.6 Å². The summed E-state index contributed by atoms with van der Waals surface area (Å²) >= 11 is 3.42. The summed E-state index contributed by atoms with van der Waals surface area (Å²) in [5, 5.41) is 7.71. The van der Waals surface area contributed by atoms with Crippen LogP contribution >= 0.6 is 15.9 Å². The molecule has 0 radical (unpaired) electrons. The van der Waals surface area contributed by atoms with Crippen LogP contribution < -0.4 is 0 Å². The first-order valence-corrected chi connectivity index (χ1v) is 4.03. The molecular formula is C7H6BrN3. The third kappa shape index (κ3) is 0.939. The maximum atomic E-state index is 3.91. The van der Waals surface area contributed by atoms with Gasteiger partial charge in [-0.25, -0.2) is 0 Å². The fraction of sp³-hybridized carbons (Fsp3) is 0.143. The summed E-state index contributed by atoms with van der Waals surface area (Å²) in [7, 11) is 0. The normalized spacial score (nSPS) is 10.7. The van der Waals surface area contributed by atoms with Crippen molar-refractivity contribution in [2.24, 2.45) is 0 Å². The van der Waals surface area contributed by atoms with E-state index in [1.165, 1.54) is 0 Å². The lowest BCUT2D eigenvalue weighted by atomic mass is 10.4. The van der Waals surface area contributed by atoms with Gasteiger partial charge in [0.05, 0.1) is 0 Å². The van der Waals surface area contributed by atoms with E-state index in [4.69, 9.17) is 0 Å². The number of hydrogen-bond acceptors (Lipinski definition) is 2. The molecule has 2 rings (SSSR count). The molecule has 3 nitrogen and oxygen atoms in total. The average molecular weight is 212 g/mol. The van der Waals surface area contributed by atoms with Gasteiger partial charge < -0.3 is 0 Å². The Morgan fingerprint density at radius 3 is 3.09 bits per heavy atom. The highest BCUT2D eigenvalue weighted by Gasteiger charge is 1.99. The highest BCUT2D eigenvalue weighted by molar-refractivity contribution is 9.10. The van der Waals surface area contributed by atoms with Crippen molar-refractivity contribution >= 4 is 21.6 Å². The number of nitrogens with zero attached hydrogens (tertiary/aromatic N) is 3. The van der Waals surface area contributed by atoms with Gasteiger partial charge in [0.1, 0.15) is 6.33 Å². The minimum Gasteiger partial charge on any atom is -0.285 e. The number of halogens is 1. The molecule has 0 spiro atoms. The summed E-state index contributed by atoms with van der Waals surface area (Å²) in [6.45, 7) is 2.01. The minimum atomic E-state index is 0.880. The minimum absolute atomic E-state index is 0.880. The topological polar surface area (TPSA) is 30.2 Å². The predicted octanol–water partition coefficient (Wildman–Crippen LogP) is 1.80. The zero-order chi connectivity index (χ0) is 7.84. The van der Waals surface area contributed by atoms with Crippen LogP contribution in [0.2, 0.25) is 0 Å². The molecule has 11 heavy (non-hydrogen) atoms. The molecule has 0 bridgehead atoms. The van der Waals surface area contributed by atoms with E-state index >= 15 is 0 Å². The molecule has 0 unspecified atom stereocenters. The van der Waals surface area contributed by atoms with Crippen molar-refractivity contribution < 1.29 is 0 Å². The fourth-order valence-electron chi connectivity index (χ4n) is 0.999. The van der Waals surface area contributed by atoms with Gasteiger partial charge in [0.2, 0.25) is 0 Å². The molecule has 2 heterocycles. The molecule has 0 aliphatic heterocycles. The lowest BCUT2D eigenvalue weighted by Crippen LogP contribution is -1.89. The standard InChI is InChI=1S/C7H6BrN3/c1-5-6(8)2-3-7-10-9-4-11(5)7/h2-4H,1H3. The van der Waals surface area contributed by atoms with E-state index in [1.54, 1.807) is 6.33 Å². The summed E-state index contributed by atoms with van der Waals surface area (Å²) in [5.74, 6) is 0. The van der Waals surface area contributed by atoms with E-state index in [2.05, 4.69) is 26.1 Å². The van der Waals surface area contributed by atoms with Gasteiger partial charge in [0.15, 0.2) is 5.65 Å². The maximum Gasteiger partial charge on any atom is 0.160 e. The van der Waals surface area contributed by atoms with E-state index in [0.29, 0.717) is 0 Å². The first-order valence-electron chi connectivity index (χ1n) is 3.24. The van der Waals surface area contributed by atoms with Crippen LogP contribution in [0.15, 0.2) is 22.9 Å². The van der Waals surface area contributed by atoms with Crippen molar-refractivity contribution in [3.8, 4) is 0 Å². The number of fused-ring (bicyclic) bond motifs is 1. The van der Waals surface area contributed by atoms with E-state index in [0.717, 1.165) is 15.8 Å². The van der Waals surface area contributed by atoms with E-state index < -0.39 is 0 Å². The quantitative estimate of drug-likeness (QED) is 0.666. The number of hydrogen-bond donors (Lipinski definition) is 0. The average Bonchev–Trinajstić information content (AvgIpc) is 2.45. The molecule has 2 aromatic rings. The molecule has 4 heteroatoms. The van der Waals surface area contributed by atoms with Crippen LogP contribution in [0.3, 0.4) is 0 Å². The van der Waals surface area contributed by atoms with Crippen LogP contribution in [0.4, 0.5) is 0 Å². The van der Waals surface area contributed by atoms with Gasteiger partial charge in [0.25, 0.3) is 0 Å². The zero-order valence-electron chi connectivity index (χ0n) is 5.95. The molecule has 0 aliphatic rings. The Morgan fingerprint density at radius 1 is 1.45 bits per heavy atom. The largest absolute Gasteiger partial charge is 0.285 e. The van der Waals surface area contributed by atoms with Crippen LogP contribution in [0.1, 0.15) is 5.69 Å². The number of rotatable bonds is 0. The SMILES string of the molecule is Cc1c(Br)ccc2nncn12. The first-order chi connectivity index (χ1) is 5.29.